The molecule has 14 heavy (non-hydrogen) atoms. The lowest BCUT2D eigenvalue weighted by Crippen LogP contribution is -1.98. The van der Waals surface area contributed by atoms with Crippen molar-refractivity contribution in [2.24, 2.45) is 0 Å². The lowest BCUT2D eigenvalue weighted by Gasteiger charge is -2.02. The van der Waals surface area contributed by atoms with E-state index in [1.54, 1.807) is 0 Å². The molecule has 0 saturated carbocycles. The van der Waals surface area contributed by atoms with Crippen molar-refractivity contribution in [3.8, 4) is 0 Å². The van der Waals surface area contributed by atoms with Gasteiger partial charge in [0.2, 0.25) is 0 Å². The van der Waals surface area contributed by atoms with Gasteiger partial charge in [0.05, 0.1) is 12.2 Å². The second-order valence-electron chi connectivity index (χ2n) is 5.07. The van der Waals surface area contributed by atoms with Gasteiger partial charge in [0, 0.05) is 10.5 Å². The van der Waals surface area contributed by atoms with E-state index in [2.05, 4.69) is 11.8 Å². The molecule has 4 saturated heterocycles. The zero-order valence-electron chi connectivity index (χ0n) is 8.78. The predicted octanol–water partition coefficient (Wildman–Crippen LogP) is 3.37. The Morgan fingerprint density at radius 3 is 1.21 bits per heavy atom. The van der Waals surface area contributed by atoms with Crippen LogP contribution in [0.5, 0.6) is 0 Å². The Morgan fingerprint density at radius 1 is 0.643 bits per heavy atom. The zero-order valence-corrected chi connectivity index (χ0v) is 9.60. The quantitative estimate of drug-likeness (QED) is 0.609. The maximum Gasteiger partial charge on any atom is 0.0580 e. The summed E-state index contributed by atoms with van der Waals surface area (Å²) in [4.78, 5) is 0. The van der Waals surface area contributed by atoms with Crippen molar-refractivity contribution >= 4 is 11.8 Å². The normalized spacial score (nSPS) is 48.0. The van der Waals surface area contributed by atoms with E-state index in [1.807, 2.05) is 0 Å². The average molecular weight is 212 g/mol. The summed E-state index contributed by atoms with van der Waals surface area (Å²) in [5, 5.41) is 2.18. The SMILES string of the molecule is C1CC2CCC1O2.C1CC2CCC1S2. The van der Waals surface area contributed by atoms with Crippen LogP contribution in [0.15, 0.2) is 0 Å². The van der Waals surface area contributed by atoms with Crippen LogP contribution in [0, 0.1) is 0 Å². The third kappa shape index (κ3) is 1.96. The van der Waals surface area contributed by atoms with Gasteiger partial charge in [-0.3, -0.25) is 0 Å². The van der Waals surface area contributed by atoms with E-state index in [1.165, 1.54) is 51.4 Å². The number of hydrogen-bond acceptors (Lipinski definition) is 2. The van der Waals surface area contributed by atoms with E-state index in [9.17, 15) is 0 Å². The Kier molecular flexibility index (Phi) is 2.76. The molecule has 0 aromatic carbocycles. The fraction of sp³-hybridized carbons (Fsp3) is 1.00. The maximum absolute atomic E-state index is 5.47. The summed E-state index contributed by atoms with van der Waals surface area (Å²) in [5.74, 6) is 0. The maximum atomic E-state index is 5.47. The monoisotopic (exact) mass is 212 g/mol. The van der Waals surface area contributed by atoms with Crippen molar-refractivity contribution in [1.82, 2.24) is 0 Å². The van der Waals surface area contributed by atoms with E-state index >= 15 is 0 Å². The summed E-state index contributed by atoms with van der Waals surface area (Å²) in [7, 11) is 0. The molecule has 0 aromatic heterocycles. The second kappa shape index (κ2) is 4.05. The van der Waals surface area contributed by atoms with Crippen molar-refractivity contribution in [3.05, 3.63) is 0 Å². The molecule has 1 nitrogen and oxygen atoms in total. The van der Waals surface area contributed by atoms with Gasteiger partial charge in [-0.1, -0.05) is 0 Å². The van der Waals surface area contributed by atoms with E-state index < -0.39 is 0 Å². The molecule has 0 amide bonds. The number of rotatable bonds is 0. The van der Waals surface area contributed by atoms with Gasteiger partial charge < -0.3 is 4.74 Å². The summed E-state index contributed by atoms with van der Waals surface area (Å²) in [6.07, 6.45) is 12.8. The lowest BCUT2D eigenvalue weighted by atomic mass is 10.0. The van der Waals surface area contributed by atoms with Gasteiger partial charge in [-0.05, 0) is 51.4 Å². The van der Waals surface area contributed by atoms with Gasteiger partial charge in [-0.25, -0.2) is 0 Å². The van der Waals surface area contributed by atoms with Crippen LogP contribution in [-0.2, 0) is 4.74 Å². The first-order valence-corrected chi connectivity index (χ1v) is 7.15. The van der Waals surface area contributed by atoms with Gasteiger partial charge in [0.15, 0.2) is 0 Å². The molecule has 0 N–H and O–H groups in total. The van der Waals surface area contributed by atoms with Crippen molar-refractivity contribution in [3.63, 3.8) is 0 Å². The molecule has 0 spiro atoms. The van der Waals surface area contributed by atoms with Gasteiger partial charge in [0.25, 0.3) is 0 Å². The van der Waals surface area contributed by atoms with Crippen LogP contribution in [0.3, 0.4) is 0 Å². The van der Waals surface area contributed by atoms with Crippen molar-refractivity contribution in [1.29, 1.82) is 0 Å². The molecule has 4 aliphatic heterocycles. The predicted molar refractivity (Wildman–Crippen MR) is 60.8 cm³/mol. The van der Waals surface area contributed by atoms with Crippen LogP contribution in [0.2, 0.25) is 0 Å². The molecule has 4 fully saturated rings. The molecule has 0 aliphatic carbocycles. The largest absolute Gasteiger partial charge is 0.375 e. The first-order chi connectivity index (χ1) is 6.90. The molecule has 2 heteroatoms. The highest BCUT2D eigenvalue weighted by molar-refractivity contribution is 8.01. The zero-order chi connectivity index (χ0) is 9.38. The minimum atomic E-state index is 0.671. The Labute approximate surface area is 91.0 Å². The number of hydrogen-bond donors (Lipinski definition) is 0. The van der Waals surface area contributed by atoms with Crippen LogP contribution in [0.4, 0.5) is 0 Å². The highest BCUT2D eigenvalue weighted by Gasteiger charge is 2.32. The molecule has 4 aliphatic rings. The van der Waals surface area contributed by atoms with Crippen molar-refractivity contribution in [2.45, 2.75) is 74.1 Å². The van der Waals surface area contributed by atoms with E-state index in [0.717, 1.165) is 10.5 Å². The van der Waals surface area contributed by atoms with Crippen LogP contribution < -0.4 is 0 Å². The summed E-state index contributed by atoms with van der Waals surface area (Å²) in [6.45, 7) is 0. The second-order valence-corrected chi connectivity index (χ2v) is 6.68. The molecule has 0 aromatic rings. The number of thioether (sulfide) groups is 1. The molecule has 4 heterocycles. The van der Waals surface area contributed by atoms with Crippen molar-refractivity contribution in [2.75, 3.05) is 0 Å². The molecule has 4 rings (SSSR count). The average Bonchev–Trinajstić information content (AvgIpc) is 3.01. The Hall–Kier alpha value is 0.310. The Morgan fingerprint density at radius 2 is 1.07 bits per heavy atom. The smallest absolute Gasteiger partial charge is 0.0580 e. The lowest BCUT2D eigenvalue weighted by molar-refractivity contribution is 0.105. The highest BCUT2D eigenvalue weighted by Crippen LogP contribution is 2.45. The van der Waals surface area contributed by atoms with Gasteiger partial charge in [-0.15, -0.1) is 0 Å². The number of fused-ring (bicyclic) bond motifs is 4. The van der Waals surface area contributed by atoms with Gasteiger partial charge >= 0.3 is 0 Å². The molecule has 80 valence electrons. The van der Waals surface area contributed by atoms with E-state index in [0.29, 0.717) is 12.2 Å². The van der Waals surface area contributed by atoms with E-state index in [4.69, 9.17) is 4.74 Å². The summed E-state index contributed by atoms with van der Waals surface area (Å²) >= 11 is 2.23. The fourth-order valence-electron chi connectivity index (χ4n) is 3.15. The molecular weight excluding hydrogens is 192 g/mol. The molecule has 0 atom stereocenters. The minimum absolute atomic E-state index is 0.671. The topological polar surface area (TPSA) is 9.23 Å². The van der Waals surface area contributed by atoms with Crippen LogP contribution in [0.25, 0.3) is 0 Å². The van der Waals surface area contributed by atoms with Crippen LogP contribution >= 0.6 is 11.8 Å². The molecule has 0 radical (unpaired) electrons. The summed E-state index contributed by atoms with van der Waals surface area (Å²) < 4.78 is 5.47. The third-order valence-electron chi connectivity index (χ3n) is 4.01. The van der Waals surface area contributed by atoms with E-state index in [-0.39, 0.29) is 0 Å². The first kappa shape index (κ1) is 9.53. The summed E-state index contributed by atoms with van der Waals surface area (Å²) in [5.41, 5.74) is 0. The van der Waals surface area contributed by atoms with Crippen LogP contribution in [-0.4, -0.2) is 22.7 Å². The Balaban J connectivity index is 0.0000000914. The third-order valence-corrected chi connectivity index (χ3v) is 5.72. The fourth-order valence-corrected chi connectivity index (χ4v) is 4.79. The van der Waals surface area contributed by atoms with Gasteiger partial charge in [0.1, 0.15) is 0 Å². The van der Waals surface area contributed by atoms with Gasteiger partial charge in [-0.2, -0.15) is 11.8 Å². The number of ether oxygens (including phenoxy) is 1. The molecular formula is C12H20OS. The minimum Gasteiger partial charge on any atom is -0.375 e. The standard InChI is InChI=1S/C6H10O.C6H10S/c2*1-2-6-4-3-5(1)7-6/h2*5-6H,1-4H2. The highest BCUT2D eigenvalue weighted by atomic mass is 32.2. The summed E-state index contributed by atoms with van der Waals surface area (Å²) in [6, 6.07) is 0. The molecule has 0 unspecified atom stereocenters. The van der Waals surface area contributed by atoms with Crippen LogP contribution in [0.1, 0.15) is 51.4 Å². The van der Waals surface area contributed by atoms with Crippen molar-refractivity contribution < 1.29 is 4.74 Å². The first-order valence-electron chi connectivity index (χ1n) is 6.21. The Bertz CT molecular complexity index is 148. The molecule has 4 bridgehead atoms.